The summed E-state index contributed by atoms with van der Waals surface area (Å²) in [5.41, 5.74) is 0. The smallest absolute Gasteiger partial charge is 0.462 e. The van der Waals surface area contributed by atoms with Gasteiger partial charge in [0.25, 0.3) is 0 Å². The number of phosphoric ester groups is 2. The lowest BCUT2D eigenvalue weighted by Gasteiger charge is -2.21. The maximum Gasteiger partial charge on any atom is 0.472 e. The maximum atomic E-state index is 13.0. The number of hydrogen-bond donors (Lipinski definition) is 3. The van der Waals surface area contributed by atoms with Crippen molar-refractivity contribution in [2.75, 3.05) is 39.6 Å². The predicted octanol–water partition coefficient (Wildman–Crippen LogP) is 19.5. The standard InChI is InChI=1S/C68H132O17P2/c1-5-9-13-17-21-25-29-30-31-32-33-34-35-39-43-47-51-55-68(73)85-64(59-79-66(71)53-49-45-41-37-27-23-19-15-11-7-3)61-83-87(76,77)81-57-62(69)56-80-86(74,75)82-60-63(84-67(72)54-50-46-42-38-28-24-20-16-12-8-4)58-78-65(70)52-48-44-40-36-26-22-18-14-10-6-2/h62-64,69H,5-61H2,1-4H3,(H,74,75)(H,76,77)/t62-,63+,64+/m0/s1. The van der Waals surface area contributed by atoms with Crippen molar-refractivity contribution < 1.29 is 80.2 Å². The Morgan fingerprint density at radius 3 is 0.678 bits per heavy atom. The van der Waals surface area contributed by atoms with Crippen LogP contribution in [0.2, 0.25) is 0 Å². The molecule has 0 radical (unpaired) electrons. The predicted molar refractivity (Wildman–Crippen MR) is 349 cm³/mol. The highest BCUT2D eigenvalue weighted by Gasteiger charge is 2.30. The van der Waals surface area contributed by atoms with Gasteiger partial charge in [0, 0.05) is 25.7 Å². The van der Waals surface area contributed by atoms with Crippen LogP contribution in [0.15, 0.2) is 0 Å². The van der Waals surface area contributed by atoms with Crippen LogP contribution < -0.4 is 0 Å². The molecule has 87 heavy (non-hydrogen) atoms. The van der Waals surface area contributed by atoms with Gasteiger partial charge in [0.15, 0.2) is 12.2 Å². The van der Waals surface area contributed by atoms with E-state index >= 15 is 0 Å². The number of carbonyl (C=O) groups excluding carboxylic acids is 4. The molecule has 0 aliphatic rings. The number of aliphatic hydroxyl groups is 1. The molecule has 0 aromatic carbocycles. The van der Waals surface area contributed by atoms with Crippen LogP contribution >= 0.6 is 15.6 Å². The van der Waals surface area contributed by atoms with Crippen molar-refractivity contribution in [2.24, 2.45) is 0 Å². The van der Waals surface area contributed by atoms with Crippen molar-refractivity contribution in [2.45, 2.75) is 373 Å². The first-order valence-corrected chi connectivity index (χ1v) is 38.8. The minimum atomic E-state index is -4.95. The minimum Gasteiger partial charge on any atom is -0.462 e. The lowest BCUT2D eigenvalue weighted by atomic mass is 10.0. The first kappa shape index (κ1) is 85.1. The molecule has 0 aromatic rings. The van der Waals surface area contributed by atoms with Crippen LogP contribution in [0.3, 0.4) is 0 Å². The molecule has 3 N–H and O–H groups in total. The van der Waals surface area contributed by atoms with E-state index in [4.69, 9.17) is 37.0 Å². The van der Waals surface area contributed by atoms with E-state index in [1.165, 1.54) is 186 Å². The second-order valence-electron chi connectivity index (χ2n) is 24.6. The molecular formula is C68H132O17P2. The third-order valence-corrected chi connectivity index (χ3v) is 17.8. The second-order valence-corrected chi connectivity index (χ2v) is 27.5. The highest BCUT2D eigenvalue weighted by molar-refractivity contribution is 7.47. The van der Waals surface area contributed by atoms with Gasteiger partial charge in [-0.3, -0.25) is 37.3 Å². The van der Waals surface area contributed by atoms with Gasteiger partial charge in [-0.15, -0.1) is 0 Å². The van der Waals surface area contributed by atoms with Gasteiger partial charge in [0.05, 0.1) is 26.4 Å². The minimum absolute atomic E-state index is 0.107. The molecule has 0 aromatic heterocycles. The average molecular weight is 1280 g/mol. The maximum absolute atomic E-state index is 13.0. The van der Waals surface area contributed by atoms with E-state index in [1.54, 1.807) is 0 Å². The fourth-order valence-corrected chi connectivity index (χ4v) is 11.9. The molecule has 516 valence electrons. The summed E-state index contributed by atoms with van der Waals surface area (Å²) in [6, 6.07) is 0. The highest BCUT2D eigenvalue weighted by Crippen LogP contribution is 2.45. The Bertz CT molecular complexity index is 1670. The highest BCUT2D eigenvalue weighted by atomic mass is 31.2. The van der Waals surface area contributed by atoms with E-state index < -0.39 is 97.5 Å². The zero-order valence-corrected chi connectivity index (χ0v) is 57.8. The first-order chi connectivity index (χ1) is 42.2. The second kappa shape index (κ2) is 62.8. The Balaban J connectivity index is 5.20. The van der Waals surface area contributed by atoms with Crippen molar-refractivity contribution in [1.29, 1.82) is 0 Å². The molecule has 0 saturated carbocycles. The van der Waals surface area contributed by atoms with Crippen LogP contribution in [0, 0.1) is 0 Å². The van der Waals surface area contributed by atoms with Gasteiger partial charge in [-0.2, -0.15) is 0 Å². The molecule has 5 atom stereocenters. The zero-order chi connectivity index (χ0) is 64.0. The van der Waals surface area contributed by atoms with Crippen molar-refractivity contribution in [1.82, 2.24) is 0 Å². The largest absolute Gasteiger partial charge is 0.472 e. The molecule has 0 bridgehead atoms. The summed E-state index contributed by atoms with van der Waals surface area (Å²) in [5.74, 6) is -2.12. The molecule has 0 amide bonds. The van der Waals surface area contributed by atoms with Gasteiger partial charge in [0.2, 0.25) is 0 Å². The fourth-order valence-electron chi connectivity index (χ4n) is 10.3. The average Bonchev–Trinajstić information content (AvgIpc) is 3.71. The van der Waals surface area contributed by atoms with E-state index in [0.717, 1.165) is 89.9 Å². The first-order valence-electron chi connectivity index (χ1n) is 35.8. The molecule has 0 aliphatic carbocycles. The van der Waals surface area contributed by atoms with Crippen molar-refractivity contribution in [3.05, 3.63) is 0 Å². The number of esters is 4. The van der Waals surface area contributed by atoms with E-state index in [2.05, 4.69) is 27.7 Å². The van der Waals surface area contributed by atoms with Gasteiger partial charge >= 0.3 is 39.5 Å². The summed E-state index contributed by atoms with van der Waals surface area (Å²) >= 11 is 0. The molecule has 17 nitrogen and oxygen atoms in total. The number of carbonyl (C=O) groups is 4. The number of rotatable bonds is 69. The van der Waals surface area contributed by atoms with Crippen molar-refractivity contribution in [3.8, 4) is 0 Å². The van der Waals surface area contributed by atoms with E-state index in [0.29, 0.717) is 25.7 Å². The fraction of sp³-hybridized carbons (Fsp3) is 0.941. The van der Waals surface area contributed by atoms with Crippen molar-refractivity contribution in [3.63, 3.8) is 0 Å². The van der Waals surface area contributed by atoms with Crippen LogP contribution in [0.4, 0.5) is 0 Å². The molecule has 19 heteroatoms. The molecule has 2 unspecified atom stereocenters. The summed E-state index contributed by atoms with van der Waals surface area (Å²) in [5, 5.41) is 10.6. The third-order valence-electron chi connectivity index (χ3n) is 15.9. The third kappa shape index (κ3) is 62.6. The zero-order valence-electron chi connectivity index (χ0n) is 56.0. The Morgan fingerprint density at radius 1 is 0.276 bits per heavy atom. The molecule has 0 saturated heterocycles. The summed E-state index contributed by atoms with van der Waals surface area (Å²) in [4.78, 5) is 72.3. The van der Waals surface area contributed by atoms with Crippen LogP contribution in [0.25, 0.3) is 0 Å². The molecular weight excluding hydrogens is 1150 g/mol. The topological polar surface area (TPSA) is 237 Å². The normalized spacial score (nSPS) is 14.1. The Morgan fingerprint density at radius 2 is 0.460 bits per heavy atom. The molecule has 0 aliphatic heterocycles. The van der Waals surface area contributed by atoms with Gasteiger partial charge in [-0.25, -0.2) is 9.13 Å². The number of hydrogen-bond acceptors (Lipinski definition) is 15. The van der Waals surface area contributed by atoms with Crippen molar-refractivity contribution >= 4 is 39.5 Å². The number of aliphatic hydroxyl groups excluding tert-OH is 1. The van der Waals surface area contributed by atoms with Crippen LogP contribution in [-0.2, 0) is 65.4 Å². The summed E-state index contributed by atoms with van der Waals surface area (Å²) in [6.07, 6.45) is 49.8. The van der Waals surface area contributed by atoms with E-state index in [9.17, 15) is 43.2 Å². The van der Waals surface area contributed by atoms with E-state index in [-0.39, 0.29) is 25.7 Å². The molecule has 0 rings (SSSR count). The Kier molecular flexibility index (Phi) is 61.4. The Hall–Kier alpha value is -1.94. The number of ether oxygens (including phenoxy) is 4. The molecule has 0 spiro atoms. The summed E-state index contributed by atoms with van der Waals surface area (Å²) < 4.78 is 68.1. The van der Waals surface area contributed by atoms with Crippen LogP contribution in [0.5, 0.6) is 0 Å². The summed E-state index contributed by atoms with van der Waals surface area (Å²) in [7, 11) is -9.89. The monoisotopic (exact) mass is 1280 g/mol. The van der Waals surface area contributed by atoms with Gasteiger partial charge in [-0.1, -0.05) is 304 Å². The van der Waals surface area contributed by atoms with Gasteiger partial charge < -0.3 is 33.8 Å². The quantitative estimate of drug-likeness (QED) is 0.0222. The van der Waals surface area contributed by atoms with Crippen LogP contribution in [-0.4, -0.2) is 96.7 Å². The van der Waals surface area contributed by atoms with Crippen LogP contribution in [0.1, 0.15) is 355 Å². The van der Waals surface area contributed by atoms with E-state index in [1.807, 2.05) is 0 Å². The van der Waals surface area contributed by atoms with Gasteiger partial charge in [0.1, 0.15) is 19.3 Å². The molecule has 0 heterocycles. The number of phosphoric acid groups is 2. The molecule has 0 fully saturated rings. The Labute approximate surface area is 530 Å². The lowest BCUT2D eigenvalue weighted by Crippen LogP contribution is -2.30. The lowest BCUT2D eigenvalue weighted by molar-refractivity contribution is -0.161. The SMILES string of the molecule is CCCCCCCCCCCCCCCCCCCC(=O)O[C@H](COC(=O)CCCCCCCCCCCC)COP(=O)(O)OC[C@@H](O)COP(=O)(O)OC[C@@H](COC(=O)CCCCCCCCCCCC)OC(=O)CCCCCCCCCCCC. The van der Waals surface area contributed by atoms with Gasteiger partial charge in [-0.05, 0) is 25.7 Å². The summed E-state index contributed by atoms with van der Waals surface area (Å²) in [6.45, 7) is 4.91. The number of unbranched alkanes of at least 4 members (excludes halogenated alkanes) is 43.